The predicted octanol–water partition coefficient (Wildman–Crippen LogP) is -0.470. The van der Waals surface area contributed by atoms with Gasteiger partial charge in [-0.3, -0.25) is 19.7 Å². The first-order valence-corrected chi connectivity index (χ1v) is 5.52. The van der Waals surface area contributed by atoms with Gasteiger partial charge in [0.25, 0.3) is 5.91 Å². The van der Waals surface area contributed by atoms with E-state index in [1.54, 1.807) is 0 Å². The van der Waals surface area contributed by atoms with E-state index in [2.05, 4.69) is 0 Å². The number of rotatable bonds is 2. The van der Waals surface area contributed by atoms with Gasteiger partial charge in [-0.2, -0.15) is 13.2 Å². The first-order chi connectivity index (χ1) is 8.52. The summed E-state index contributed by atoms with van der Waals surface area (Å²) < 4.78 is 38.1. The number of alkyl halides is 3. The summed E-state index contributed by atoms with van der Waals surface area (Å²) in [6.07, 6.45) is -4.89. The average Bonchev–Trinajstić information content (AvgIpc) is 2.25. The molecule has 6 nitrogen and oxygen atoms in total. The fourth-order valence-corrected chi connectivity index (χ4v) is 1.71. The quantitative estimate of drug-likeness (QED) is 0.669. The van der Waals surface area contributed by atoms with Crippen molar-refractivity contribution in [1.29, 1.82) is 0 Å². The Labute approximate surface area is 107 Å². The predicted molar refractivity (Wildman–Crippen MR) is 57.6 cm³/mol. The molecule has 0 spiro atoms. The Kier molecular flexibility index (Phi) is 3.89. The number of carbonyl (C=O) groups is 3. The Hall–Kier alpha value is -1.64. The summed E-state index contributed by atoms with van der Waals surface area (Å²) in [6.45, 7) is 1.41. The number of nitrogens with one attached hydrogen (secondary N) is 1. The molecule has 0 aromatic carbocycles. The fourth-order valence-electron chi connectivity index (χ4n) is 1.71. The monoisotopic (exact) mass is 281 g/mol. The molecule has 3 amide bonds. The molecule has 1 rings (SSSR count). The van der Waals surface area contributed by atoms with E-state index in [0.717, 1.165) is 0 Å². The van der Waals surface area contributed by atoms with Gasteiger partial charge in [-0.05, 0) is 13.3 Å². The van der Waals surface area contributed by atoms with Crippen molar-refractivity contribution in [2.45, 2.75) is 38.0 Å². The highest BCUT2D eigenvalue weighted by atomic mass is 19.4. The van der Waals surface area contributed by atoms with E-state index in [-0.39, 0.29) is 6.42 Å². The largest absolute Gasteiger partial charge is 0.415 e. The third kappa shape index (κ3) is 2.70. The van der Waals surface area contributed by atoms with Crippen LogP contribution in [0.1, 0.15) is 20.3 Å². The minimum atomic E-state index is -4.97. The Morgan fingerprint density at radius 1 is 1.47 bits per heavy atom. The van der Waals surface area contributed by atoms with Gasteiger partial charge >= 0.3 is 6.18 Å². The Balaban J connectivity index is 3.09. The number of halogens is 3. The smallest absolute Gasteiger partial charge is 0.319 e. The molecule has 0 bridgehead atoms. The topological polar surface area (TPSA) is 92.5 Å². The molecule has 1 heterocycles. The minimum Gasteiger partial charge on any atom is -0.319 e. The lowest BCUT2D eigenvalue weighted by atomic mass is 9.98. The van der Waals surface area contributed by atoms with Crippen LogP contribution < -0.4 is 11.1 Å². The van der Waals surface area contributed by atoms with Gasteiger partial charge < -0.3 is 10.6 Å². The summed E-state index contributed by atoms with van der Waals surface area (Å²) >= 11 is 0. The maximum absolute atomic E-state index is 12.7. The number of amides is 3. The van der Waals surface area contributed by atoms with Crippen LogP contribution >= 0.6 is 0 Å². The van der Waals surface area contributed by atoms with Crippen LogP contribution in [0.5, 0.6) is 0 Å². The zero-order valence-corrected chi connectivity index (χ0v) is 10.4. The lowest BCUT2D eigenvalue weighted by molar-refractivity contribution is -0.196. The SMILES string of the molecule is CCC1C(=O)NC(=O)CN1C(=O)C(C)(N)C(F)(F)F. The van der Waals surface area contributed by atoms with E-state index in [1.165, 1.54) is 6.92 Å². The van der Waals surface area contributed by atoms with Crippen molar-refractivity contribution in [2.75, 3.05) is 6.54 Å². The molecule has 1 saturated heterocycles. The van der Waals surface area contributed by atoms with Crippen molar-refractivity contribution in [3.8, 4) is 0 Å². The summed E-state index contributed by atoms with van der Waals surface area (Å²) in [5, 5.41) is 1.96. The molecule has 0 aliphatic carbocycles. The van der Waals surface area contributed by atoms with Crippen LogP contribution in [0.25, 0.3) is 0 Å². The summed E-state index contributed by atoms with van der Waals surface area (Å²) in [5.41, 5.74) is 1.88. The van der Waals surface area contributed by atoms with Crippen molar-refractivity contribution in [2.24, 2.45) is 5.73 Å². The van der Waals surface area contributed by atoms with Gasteiger partial charge in [0.1, 0.15) is 12.6 Å². The van der Waals surface area contributed by atoms with Crippen molar-refractivity contribution in [1.82, 2.24) is 10.2 Å². The Morgan fingerprint density at radius 2 is 2.00 bits per heavy atom. The second-order valence-corrected chi connectivity index (χ2v) is 4.47. The lowest BCUT2D eigenvalue weighted by Gasteiger charge is -2.38. The minimum absolute atomic E-state index is 0.0821. The molecule has 3 N–H and O–H groups in total. The second-order valence-electron chi connectivity index (χ2n) is 4.47. The van der Waals surface area contributed by atoms with Crippen LogP contribution in [-0.4, -0.2) is 46.9 Å². The first kappa shape index (κ1) is 15.4. The van der Waals surface area contributed by atoms with Gasteiger partial charge in [0.2, 0.25) is 11.8 Å². The number of hydrogen-bond donors (Lipinski definition) is 2. The first-order valence-electron chi connectivity index (χ1n) is 5.52. The molecule has 2 unspecified atom stereocenters. The molecule has 9 heteroatoms. The maximum Gasteiger partial charge on any atom is 0.415 e. The van der Waals surface area contributed by atoms with Gasteiger partial charge in [-0.25, -0.2) is 0 Å². The van der Waals surface area contributed by atoms with E-state index in [9.17, 15) is 27.6 Å². The molecule has 0 aromatic heterocycles. The summed E-state index contributed by atoms with van der Waals surface area (Å²) in [4.78, 5) is 35.1. The zero-order chi connectivity index (χ0) is 15.0. The van der Waals surface area contributed by atoms with E-state index in [1.807, 2.05) is 5.32 Å². The van der Waals surface area contributed by atoms with Gasteiger partial charge in [-0.1, -0.05) is 6.92 Å². The molecule has 108 valence electrons. The molecule has 0 saturated carbocycles. The highest BCUT2D eigenvalue weighted by molar-refractivity contribution is 6.05. The zero-order valence-electron chi connectivity index (χ0n) is 10.4. The number of nitrogens with zero attached hydrogens (tertiary/aromatic N) is 1. The van der Waals surface area contributed by atoms with Crippen LogP contribution in [0.4, 0.5) is 13.2 Å². The second kappa shape index (κ2) is 4.80. The van der Waals surface area contributed by atoms with Gasteiger partial charge in [0, 0.05) is 0 Å². The summed E-state index contributed by atoms with van der Waals surface area (Å²) in [7, 11) is 0. The fraction of sp³-hybridized carbons (Fsp3) is 0.700. The molecule has 1 aliphatic heterocycles. The van der Waals surface area contributed by atoms with Crippen LogP contribution in [0.2, 0.25) is 0 Å². The normalized spacial score (nSPS) is 23.9. The van der Waals surface area contributed by atoms with E-state index < -0.39 is 42.0 Å². The highest BCUT2D eigenvalue weighted by Crippen LogP contribution is 2.30. The van der Waals surface area contributed by atoms with Crippen LogP contribution in [0, 0.1) is 0 Å². The molecule has 1 fully saturated rings. The van der Waals surface area contributed by atoms with E-state index in [4.69, 9.17) is 5.73 Å². The standard InChI is InChI=1S/C10H14F3N3O3/c1-3-5-7(18)15-6(17)4-16(5)8(19)9(2,14)10(11,12)13/h5H,3-4,14H2,1-2H3,(H,15,17,18). The Morgan fingerprint density at radius 3 is 2.42 bits per heavy atom. The molecule has 19 heavy (non-hydrogen) atoms. The highest BCUT2D eigenvalue weighted by Gasteiger charge is 2.57. The van der Waals surface area contributed by atoms with Crippen LogP contribution in [0.15, 0.2) is 0 Å². The van der Waals surface area contributed by atoms with Gasteiger partial charge in [-0.15, -0.1) is 0 Å². The maximum atomic E-state index is 12.7. The number of piperazine rings is 1. The number of nitrogens with two attached hydrogens (primary N) is 1. The Bertz CT molecular complexity index is 420. The summed E-state index contributed by atoms with van der Waals surface area (Å²) in [6, 6.07) is -1.13. The number of imide groups is 1. The molecule has 0 radical (unpaired) electrons. The molecular weight excluding hydrogens is 267 g/mol. The third-order valence-corrected chi connectivity index (χ3v) is 2.94. The molecule has 1 aliphatic rings. The average molecular weight is 281 g/mol. The molecular formula is C10H14F3N3O3. The lowest BCUT2D eigenvalue weighted by Crippen LogP contribution is -2.68. The van der Waals surface area contributed by atoms with Crippen LogP contribution in [-0.2, 0) is 14.4 Å². The van der Waals surface area contributed by atoms with E-state index in [0.29, 0.717) is 11.8 Å². The van der Waals surface area contributed by atoms with Gasteiger partial charge in [0.15, 0.2) is 5.54 Å². The van der Waals surface area contributed by atoms with Crippen molar-refractivity contribution < 1.29 is 27.6 Å². The molecule has 2 atom stereocenters. The van der Waals surface area contributed by atoms with Gasteiger partial charge in [0.05, 0.1) is 0 Å². The molecule has 0 aromatic rings. The van der Waals surface area contributed by atoms with Crippen molar-refractivity contribution in [3.63, 3.8) is 0 Å². The third-order valence-electron chi connectivity index (χ3n) is 2.94. The summed E-state index contributed by atoms with van der Waals surface area (Å²) in [5.74, 6) is -3.12. The van der Waals surface area contributed by atoms with Crippen molar-refractivity contribution >= 4 is 17.7 Å². The van der Waals surface area contributed by atoms with Crippen molar-refractivity contribution in [3.05, 3.63) is 0 Å². The van der Waals surface area contributed by atoms with Crippen LogP contribution in [0.3, 0.4) is 0 Å². The number of hydrogen-bond acceptors (Lipinski definition) is 4. The van der Waals surface area contributed by atoms with E-state index >= 15 is 0 Å². The number of carbonyl (C=O) groups excluding carboxylic acids is 3.